The molecule has 0 spiro atoms. The van der Waals surface area contributed by atoms with Crippen molar-refractivity contribution in [3.05, 3.63) is 0 Å². The van der Waals surface area contributed by atoms with Crippen LogP contribution in [0.2, 0.25) is 0 Å². The monoisotopic (exact) mass is 227 g/mol. The summed E-state index contributed by atoms with van der Waals surface area (Å²) in [4.78, 5) is 0. The Balaban J connectivity index is 2.10. The van der Waals surface area contributed by atoms with E-state index < -0.39 is 0 Å². The van der Waals surface area contributed by atoms with Crippen LogP contribution in [0.15, 0.2) is 0 Å². The van der Waals surface area contributed by atoms with E-state index in [4.69, 9.17) is 4.74 Å². The molecule has 1 saturated carbocycles. The van der Waals surface area contributed by atoms with Crippen molar-refractivity contribution in [1.29, 1.82) is 0 Å². The second-order valence-electron chi connectivity index (χ2n) is 6.38. The molecule has 96 valence electrons. The van der Waals surface area contributed by atoms with Crippen LogP contribution in [0.25, 0.3) is 0 Å². The summed E-state index contributed by atoms with van der Waals surface area (Å²) >= 11 is 0. The quantitative estimate of drug-likeness (QED) is 0.745. The Morgan fingerprint density at radius 3 is 2.38 bits per heavy atom. The molecule has 0 aromatic heterocycles. The topological polar surface area (TPSA) is 21.3 Å². The van der Waals surface area contributed by atoms with Crippen LogP contribution in [0, 0.1) is 11.8 Å². The molecular formula is C14H29NO. The van der Waals surface area contributed by atoms with E-state index in [1.54, 1.807) is 0 Å². The Kier molecular flexibility index (Phi) is 5.26. The van der Waals surface area contributed by atoms with Crippen molar-refractivity contribution in [2.24, 2.45) is 11.8 Å². The Bertz CT molecular complexity index is 197. The molecule has 0 aliphatic heterocycles. The molecule has 0 bridgehead atoms. The first-order chi connectivity index (χ1) is 7.38. The van der Waals surface area contributed by atoms with Gasteiger partial charge in [-0.1, -0.05) is 13.8 Å². The molecule has 0 heterocycles. The van der Waals surface area contributed by atoms with Crippen LogP contribution >= 0.6 is 0 Å². The Morgan fingerprint density at radius 1 is 1.12 bits per heavy atom. The molecule has 0 radical (unpaired) electrons. The van der Waals surface area contributed by atoms with E-state index in [0.717, 1.165) is 31.0 Å². The standard InChI is InChI=1S/C14H29NO/c1-11-6-7-13(10-12(11)2)15-8-9-16-14(3,4)5/h11-13,15H,6-10H2,1-5H3. The van der Waals surface area contributed by atoms with Gasteiger partial charge >= 0.3 is 0 Å². The third kappa shape index (κ3) is 5.31. The van der Waals surface area contributed by atoms with Crippen molar-refractivity contribution in [2.45, 2.75) is 65.5 Å². The van der Waals surface area contributed by atoms with Gasteiger partial charge in [-0.25, -0.2) is 0 Å². The summed E-state index contributed by atoms with van der Waals surface area (Å²) in [5, 5.41) is 3.62. The molecule has 16 heavy (non-hydrogen) atoms. The molecule has 2 heteroatoms. The van der Waals surface area contributed by atoms with E-state index in [1.807, 2.05) is 0 Å². The molecule has 1 fully saturated rings. The van der Waals surface area contributed by atoms with Crippen LogP contribution in [0.1, 0.15) is 53.9 Å². The number of rotatable bonds is 4. The van der Waals surface area contributed by atoms with E-state index in [9.17, 15) is 0 Å². The summed E-state index contributed by atoms with van der Waals surface area (Å²) in [5.74, 6) is 1.78. The van der Waals surface area contributed by atoms with Gasteiger partial charge in [-0.3, -0.25) is 0 Å². The highest BCUT2D eigenvalue weighted by atomic mass is 16.5. The zero-order valence-electron chi connectivity index (χ0n) is 11.7. The van der Waals surface area contributed by atoms with Crippen LogP contribution in [-0.2, 0) is 4.74 Å². The third-order valence-corrected chi connectivity index (χ3v) is 3.67. The van der Waals surface area contributed by atoms with Gasteiger partial charge in [0, 0.05) is 12.6 Å². The average molecular weight is 227 g/mol. The maximum Gasteiger partial charge on any atom is 0.0599 e. The van der Waals surface area contributed by atoms with Crippen molar-refractivity contribution in [3.63, 3.8) is 0 Å². The number of hydrogen-bond acceptors (Lipinski definition) is 2. The first-order valence-electron chi connectivity index (χ1n) is 6.76. The largest absolute Gasteiger partial charge is 0.375 e. The van der Waals surface area contributed by atoms with Crippen molar-refractivity contribution in [1.82, 2.24) is 5.32 Å². The SMILES string of the molecule is CC1CCC(NCCOC(C)(C)C)CC1C. The van der Waals surface area contributed by atoms with Gasteiger partial charge in [0.15, 0.2) is 0 Å². The van der Waals surface area contributed by atoms with Crippen LogP contribution in [0.3, 0.4) is 0 Å². The van der Waals surface area contributed by atoms with Gasteiger partial charge < -0.3 is 10.1 Å². The smallest absolute Gasteiger partial charge is 0.0599 e. The Labute approximate surface area is 101 Å². The van der Waals surface area contributed by atoms with Crippen molar-refractivity contribution >= 4 is 0 Å². The molecule has 1 aliphatic carbocycles. The molecule has 1 aliphatic rings. The van der Waals surface area contributed by atoms with Gasteiger partial charge in [-0.15, -0.1) is 0 Å². The third-order valence-electron chi connectivity index (χ3n) is 3.67. The number of ether oxygens (including phenoxy) is 1. The van der Waals surface area contributed by atoms with Crippen molar-refractivity contribution < 1.29 is 4.74 Å². The summed E-state index contributed by atoms with van der Waals surface area (Å²) in [5.41, 5.74) is -0.00392. The lowest BCUT2D eigenvalue weighted by atomic mass is 9.79. The fourth-order valence-electron chi connectivity index (χ4n) is 2.35. The molecular weight excluding hydrogens is 198 g/mol. The summed E-state index contributed by atoms with van der Waals surface area (Å²) in [7, 11) is 0. The Hall–Kier alpha value is -0.0800. The van der Waals surface area contributed by atoms with Gasteiger partial charge in [0.05, 0.1) is 12.2 Å². The van der Waals surface area contributed by atoms with E-state index in [1.165, 1.54) is 19.3 Å². The lowest BCUT2D eigenvalue weighted by molar-refractivity contribution is -0.00240. The second kappa shape index (κ2) is 6.02. The second-order valence-corrected chi connectivity index (χ2v) is 6.38. The van der Waals surface area contributed by atoms with E-state index >= 15 is 0 Å². The van der Waals surface area contributed by atoms with Crippen LogP contribution in [-0.4, -0.2) is 24.8 Å². The van der Waals surface area contributed by atoms with Crippen molar-refractivity contribution in [3.8, 4) is 0 Å². The molecule has 0 aromatic carbocycles. The summed E-state index contributed by atoms with van der Waals surface area (Å²) in [6, 6.07) is 0.717. The highest BCUT2D eigenvalue weighted by molar-refractivity contribution is 4.79. The lowest BCUT2D eigenvalue weighted by Crippen LogP contribution is -2.38. The van der Waals surface area contributed by atoms with Gasteiger partial charge in [-0.05, 0) is 51.9 Å². The predicted molar refractivity (Wildman–Crippen MR) is 69.7 cm³/mol. The zero-order chi connectivity index (χ0) is 12.2. The minimum Gasteiger partial charge on any atom is -0.375 e. The molecule has 0 amide bonds. The van der Waals surface area contributed by atoms with Crippen molar-refractivity contribution in [2.75, 3.05) is 13.2 Å². The normalized spacial score (nSPS) is 31.7. The van der Waals surface area contributed by atoms with Crippen LogP contribution in [0.4, 0.5) is 0 Å². The van der Waals surface area contributed by atoms with Gasteiger partial charge in [-0.2, -0.15) is 0 Å². The lowest BCUT2D eigenvalue weighted by Gasteiger charge is -2.33. The minimum absolute atomic E-state index is 0.00392. The average Bonchev–Trinajstić information content (AvgIpc) is 2.17. The summed E-state index contributed by atoms with van der Waals surface area (Å²) < 4.78 is 5.71. The highest BCUT2D eigenvalue weighted by Crippen LogP contribution is 2.29. The molecule has 0 saturated heterocycles. The highest BCUT2D eigenvalue weighted by Gasteiger charge is 2.23. The van der Waals surface area contributed by atoms with Crippen LogP contribution < -0.4 is 5.32 Å². The summed E-state index contributed by atoms with van der Waals surface area (Å²) in [6.45, 7) is 12.9. The van der Waals surface area contributed by atoms with Crippen LogP contribution in [0.5, 0.6) is 0 Å². The molecule has 3 unspecified atom stereocenters. The molecule has 2 nitrogen and oxygen atoms in total. The van der Waals surface area contributed by atoms with E-state index in [-0.39, 0.29) is 5.60 Å². The number of hydrogen-bond donors (Lipinski definition) is 1. The molecule has 3 atom stereocenters. The zero-order valence-corrected chi connectivity index (χ0v) is 11.7. The molecule has 1 N–H and O–H groups in total. The minimum atomic E-state index is -0.00392. The summed E-state index contributed by atoms with van der Waals surface area (Å²) in [6.07, 6.45) is 4.04. The van der Waals surface area contributed by atoms with Gasteiger partial charge in [0.2, 0.25) is 0 Å². The van der Waals surface area contributed by atoms with Gasteiger partial charge in [0.1, 0.15) is 0 Å². The van der Waals surface area contributed by atoms with E-state index in [0.29, 0.717) is 0 Å². The van der Waals surface area contributed by atoms with E-state index in [2.05, 4.69) is 39.9 Å². The molecule has 0 aromatic rings. The first-order valence-corrected chi connectivity index (χ1v) is 6.76. The maximum atomic E-state index is 5.71. The number of nitrogens with one attached hydrogen (secondary N) is 1. The maximum absolute atomic E-state index is 5.71. The fourth-order valence-corrected chi connectivity index (χ4v) is 2.35. The molecule has 1 rings (SSSR count). The first kappa shape index (κ1) is 14.0. The van der Waals surface area contributed by atoms with Gasteiger partial charge in [0.25, 0.3) is 0 Å². The predicted octanol–water partition coefficient (Wildman–Crippen LogP) is 3.22. The Morgan fingerprint density at radius 2 is 1.81 bits per heavy atom. The fraction of sp³-hybridized carbons (Fsp3) is 1.00.